The van der Waals surface area contributed by atoms with E-state index in [1.54, 1.807) is 5.48 Å². The van der Waals surface area contributed by atoms with Gasteiger partial charge in [-0.2, -0.15) is 0 Å². The van der Waals surface area contributed by atoms with Gasteiger partial charge in [-0.15, -0.1) is 0 Å². The van der Waals surface area contributed by atoms with E-state index in [1.807, 2.05) is 30.3 Å². The Morgan fingerprint density at radius 3 is 2.15 bits per heavy atom. The van der Waals surface area contributed by atoms with Gasteiger partial charge in [0, 0.05) is 6.54 Å². The monoisotopic (exact) mass is 362 g/mol. The Hall–Kier alpha value is -1.88. The van der Waals surface area contributed by atoms with Gasteiger partial charge in [0.15, 0.2) is 0 Å². The molecule has 0 aliphatic heterocycles. The summed E-state index contributed by atoms with van der Waals surface area (Å²) in [5, 5.41) is 11.7. The van der Waals surface area contributed by atoms with Crippen LogP contribution < -0.4 is 10.8 Å². The number of amides is 2. The molecule has 5 heteroatoms. The number of hydrogen-bond acceptors (Lipinski definition) is 3. The normalized spacial score (nSPS) is 11.8. The molecule has 1 aromatic carbocycles. The van der Waals surface area contributed by atoms with Crippen molar-refractivity contribution >= 4 is 11.8 Å². The SMILES string of the molecule is CCCCCCCCCCNC(=O)C(CCc1ccccc1)C(=O)NO. The summed E-state index contributed by atoms with van der Waals surface area (Å²) in [7, 11) is 0. The number of unbranched alkanes of at least 4 members (excludes halogenated alkanes) is 7. The Kier molecular flexibility index (Phi) is 12.2. The number of aryl methyl sites for hydroxylation is 1. The van der Waals surface area contributed by atoms with Crippen LogP contribution in [0, 0.1) is 5.92 Å². The summed E-state index contributed by atoms with van der Waals surface area (Å²) in [5.74, 6) is -1.82. The molecule has 1 aromatic rings. The second-order valence-electron chi connectivity index (χ2n) is 6.82. The molecular formula is C21H34N2O3. The lowest BCUT2D eigenvalue weighted by atomic mass is 9.98. The fourth-order valence-electron chi connectivity index (χ4n) is 3.01. The smallest absolute Gasteiger partial charge is 0.255 e. The van der Waals surface area contributed by atoms with Crippen LogP contribution in [0.3, 0.4) is 0 Å². The molecule has 5 nitrogen and oxygen atoms in total. The first kappa shape index (κ1) is 22.2. The van der Waals surface area contributed by atoms with E-state index in [2.05, 4.69) is 12.2 Å². The summed E-state index contributed by atoms with van der Waals surface area (Å²) in [6.45, 7) is 2.79. The van der Waals surface area contributed by atoms with Crippen LogP contribution in [-0.4, -0.2) is 23.6 Å². The summed E-state index contributed by atoms with van der Waals surface area (Å²) in [5.41, 5.74) is 2.69. The first-order valence-corrected chi connectivity index (χ1v) is 9.94. The van der Waals surface area contributed by atoms with Crippen LogP contribution in [0.5, 0.6) is 0 Å². The largest absolute Gasteiger partial charge is 0.355 e. The van der Waals surface area contributed by atoms with Crippen molar-refractivity contribution in [1.82, 2.24) is 10.8 Å². The van der Waals surface area contributed by atoms with E-state index in [1.165, 1.54) is 38.5 Å². The van der Waals surface area contributed by atoms with Crippen LogP contribution in [0.1, 0.15) is 70.3 Å². The van der Waals surface area contributed by atoms with Crippen LogP contribution in [0.4, 0.5) is 0 Å². The second kappa shape index (κ2) is 14.3. The maximum absolute atomic E-state index is 12.3. The first-order valence-electron chi connectivity index (χ1n) is 9.94. The Morgan fingerprint density at radius 1 is 0.923 bits per heavy atom. The Labute approximate surface area is 157 Å². The Balaban J connectivity index is 2.25. The molecule has 2 amide bonds. The summed E-state index contributed by atoms with van der Waals surface area (Å²) in [4.78, 5) is 24.1. The van der Waals surface area contributed by atoms with Crippen molar-refractivity contribution in [2.45, 2.75) is 71.1 Å². The number of carbonyl (C=O) groups excluding carboxylic acids is 2. The van der Waals surface area contributed by atoms with Crippen molar-refractivity contribution in [2.24, 2.45) is 5.92 Å². The number of rotatable bonds is 14. The second-order valence-corrected chi connectivity index (χ2v) is 6.82. The van der Waals surface area contributed by atoms with E-state index in [9.17, 15) is 9.59 Å². The lowest BCUT2D eigenvalue weighted by Gasteiger charge is -2.15. The van der Waals surface area contributed by atoms with Gasteiger partial charge in [0.25, 0.3) is 5.91 Å². The molecule has 0 bridgehead atoms. The van der Waals surface area contributed by atoms with Crippen LogP contribution in [0.25, 0.3) is 0 Å². The minimum Gasteiger partial charge on any atom is -0.355 e. The molecule has 0 saturated carbocycles. The molecule has 0 aromatic heterocycles. The van der Waals surface area contributed by atoms with Crippen LogP contribution >= 0.6 is 0 Å². The molecule has 146 valence electrons. The Morgan fingerprint density at radius 2 is 1.54 bits per heavy atom. The quantitative estimate of drug-likeness (QED) is 0.203. The maximum Gasteiger partial charge on any atom is 0.255 e. The molecule has 0 fully saturated rings. The molecule has 26 heavy (non-hydrogen) atoms. The number of carbonyl (C=O) groups is 2. The molecule has 1 rings (SSSR count). The van der Waals surface area contributed by atoms with Crippen LogP contribution in [-0.2, 0) is 16.0 Å². The van der Waals surface area contributed by atoms with E-state index in [0.717, 1.165) is 18.4 Å². The van der Waals surface area contributed by atoms with Crippen molar-refractivity contribution in [3.05, 3.63) is 35.9 Å². The van der Waals surface area contributed by atoms with Crippen molar-refractivity contribution < 1.29 is 14.8 Å². The molecule has 0 heterocycles. The minimum atomic E-state index is -0.866. The molecule has 0 spiro atoms. The van der Waals surface area contributed by atoms with E-state index in [4.69, 9.17) is 5.21 Å². The Bertz CT molecular complexity index is 505. The zero-order valence-corrected chi connectivity index (χ0v) is 16.0. The third kappa shape index (κ3) is 9.56. The van der Waals surface area contributed by atoms with E-state index < -0.39 is 11.8 Å². The fourth-order valence-corrected chi connectivity index (χ4v) is 3.01. The first-order chi connectivity index (χ1) is 12.7. The van der Waals surface area contributed by atoms with Gasteiger partial charge in [0.05, 0.1) is 0 Å². The average molecular weight is 363 g/mol. The summed E-state index contributed by atoms with van der Waals surface area (Å²) >= 11 is 0. The van der Waals surface area contributed by atoms with Gasteiger partial charge in [-0.25, -0.2) is 5.48 Å². The highest BCUT2D eigenvalue weighted by Crippen LogP contribution is 2.11. The number of hydroxylamine groups is 1. The molecule has 0 aliphatic rings. The van der Waals surface area contributed by atoms with Gasteiger partial charge in [-0.1, -0.05) is 82.2 Å². The lowest BCUT2D eigenvalue weighted by Crippen LogP contribution is -2.41. The van der Waals surface area contributed by atoms with Crippen LogP contribution in [0.2, 0.25) is 0 Å². The predicted octanol–water partition coefficient (Wildman–Crippen LogP) is 4.00. The zero-order chi connectivity index (χ0) is 19.0. The van der Waals surface area contributed by atoms with Crippen molar-refractivity contribution in [3.63, 3.8) is 0 Å². The minimum absolute atomic E-state index is 0.310. The lowest BCUT2D eigenvalue weighted by molar-refractivity contribution is -0.140. The third-order valence-corrected chi connectivity index (χ3v) is 4.64. The third-order valence-electron chi connectivity index (χ3n) is 4.64. The highest BCUT2D eigenvalue weighted by molar-refractivity contribution is 5.99. The molecule has 0 saturated heterocycles. The summed E-state index contributed by atoms with van der Waals surface area (Å²) in [6.07, 6.45) is 10.6. The number of benzene rings is 1. The van der Waals surface area contributed by atoms with E-state index >= 15 is 0 Å². The molecule has 1 unspecified atom stereocenters. The van der Waals surface area contributed by atoms with E-state index in [0.29, 0.717) is 19.4 Å². The number of hydrogen-bond donors (Lipinski definition) is 3. The molecule has 3 N–H and O–H groups in total. The van der Waals surface area contributed by atoms with Gasteiger partial charge in [-0.05, 0) is 24.8 Å². The zero-order valence-electron chi connectivity index (χ0n) is 16.0. The molecular weight excluding hydrogens is 328 g/mol. The van der Waals surface area contributed by atoms with Gasteiger partial charge in [0.1, 0.15) is 5.92 Å². The summed E-state index contributed by atoms with van der Waals surface area (Å²) in [6, 6.07) is 9.72. The standard InChI is InChI=1S/C21H34N2O3/c1-2-3-4-5-6-7-8-12-17-22-20(24)19(21(25)23-26)16-15-18-13-10-9-11-14-18/h9-11,13-14,19,26H,2-8,12,15-17H2,1H3,(H,22,24)(H,23,25). The topological polar surface area (TPSA) is 78.4 Å². The van der Waals surface area contributed by atoms with Crippen LogP contribution in [0.15, 0.2) is 30.3 Å². The fraction of sp³-hybridized carbons (Fsp3) is 0.619. The molecule has 1 atom stereocenters. The summed E-state index contributed by atoms with van der Waals surface area (Å²) < 4.78 is 0. The van der Waals surface area contributed by atoms with Crippen molar-refractivity contribution in [1.29, 1.82) is 0 Å². The predicted molar refractivity (Wildman–Crippen MR) is 104 cm³/mol. The van der Waals surface area contributed by atoms with Gasteiger partial charge in [0.2, 0.25) is 5.91 Å². The van der Waals surface area contributed by atoms with E-state index in [-0.39, 0.29) is 5.91 Å². The number of nitrogens with one attached hydrogen (secondary N) is 2. The highest BCUT2D eigenvalue weighted by atomic mass is 16.5. The average Bonchev–Trinajstić information content (AvgIpc) is 2.67. The van der Waals surface area contributed by atoms with Gasteiger partial charge in [-0.3, -0.25) is 14.8 Å². The highest BCUT2D eigenvalue weighted by Gasteiger charge is 2.25. The molecule has 0 radical (unpaired) electrons. The van der Waals surface area contributed by atoms with Crippen molar-refractivity contribution in [2.75, 3.05) is 6.54 Å². The maximum atomic E-state index is 12.3. The van der Waals surface area contributed by atoms with Gasteiger partial charge < -0.3 is 5.32 Å². The molecule has 0 aliphatic carbocycles. The van der Waals surface area contributed by atoms with Gasteiger partial charge >= 0.3 is 0 Å². The van der Waals surface area contributed by atoms with Crippen molar-refractivity contribution in [3.8, 4) is 0 Å².